The number of nitro benzene ring substituents is 1. The Balaban J connectivity index is 2.27. The van der Waals surface area contributed by atoms with E-state index in [2.05, 4.69) is 0 Å². The molecule has 0 fully saturated rings. The van der Waals surface area contributed by atoms with Gasteiger partial charge in [0.15, 0.2) is 0 Å². The van der Waals surface area contributed by atoms with Crippen molar-refractivity contribution in [1.82, 2.24) is 4.40 Å². The van der Waals surface area contributed by atoms with Crippen LogP contribution in [-0.4, -0.2) is 17.7 Å². The summed E-state index contributed by atoms with van der Waals surface area (Å²) in [7, 11) is -3.85. The summed E-state index contributed by atoms with van der Waals surface area (Å²) in [6.45, 7) is 1.71. The first-order valence-corrected chi connectivity index (χ1v) is 7.96. The molecule has 6 nitrogen and oxygen atoms in total. The molecule has 0 unspecified atom stereocenters. The lowest BCUT2D eigenvalue weighted by Gasteiger charge is -2.06. The van der Waals surface area contributed by atoms with Crippen molar-refractivity contribution < 1.29 is 13.3 Å². The number of hydrogen-bond acceptors (Lipinski definition) is 4. The SMILES string of the molecule is Cc1cc2ccccn2c1S(=O)(=O)c1cccc([N+](=O)[O-])c1. The molecule has 0 aliphatic rings. The van der Waals surface area contributed by atoms with Crippen LogP contribution in [0.5, 0.6) is 0 Å². The molecule has 0 spiro atoms. The summed E-state index contributed by atoms with van der Waals surface area (Å²) in [6.07, 6.45) is 1.66. The van der Waals surface area contributed by atoms with E-state index in [-0.39, 0.29) is 15.6 Å². The highest BCUT2D eigenvalue weighted by atomic mass is 32.2. The minimum absolute atomic E-state index is 0.0892. The molecule has 0 saturated carbocycles. The fraction of sp³-hybridized carbons (Fsp3) is 0.0667. The summed E-state index contributed by atoms with van der Waals surface area (Å²) < 4.78 is 27.3. The van der Waals surface area contributed by atoms with Crippen molar-refractivity contribution in [3.8, 4) is 0 Å². The predicted molar refractivity (Wildman–Crippen MR) is 80.7 cm³/mol. The Bertz CT molecular complexity index is 990. The van der Waals surface area contributed by atoms with Gasteiger partial charge in [0.1, 0.15) is 5.03 Å². The van der Waals surface area contributed by atoms with Crippen LogP contribution in [0.3, 0.4) is 0 Å². The molecular weight excluding hydrogens is 304 g/mol. The highest BCUT2D eigenvalue weighted by Gasteiger charge is 2.25. The molecule has 3 aromatic rings. The number of hydrogen-bond donors (Lipinski definition) is 0. The highest BCUT2D eigenvalue weighted by Crippen LogP contribution is 2.28. The van der Waals surface area contributed by atoms with Crippen LogP contribution in [0.2, 0.25) is 0 Å². The van der Waals surface area contributed by atoms with E-state index in [4.69, 9.17) is 0 Å². The van der Waals surface area contributed by atoms with Crippen LogP contribution in [0.25, 0.3) is 5.52 Å². The van der Waals surface area contributed by atoms with Crippen LogP contribution >= 0.6 is 0 Å². The average Bonchev–Trinajstić information content (AvgIpc) is 2.83. The van der Waals surface area contributed by atoms with Gasteiger partial charge in [0.2, 0.25) is 9.84 Å². The highest BCUT2D eigenvalue weighted by molar-refractivity contribution is 7.91. The minimum atomic E-state index is -3.85. The summed E-state index contributed by atoms with van der Waals surface area (Å²) in [4.78, 5) is 10.2. The monoisotopic (exact) mass is 316 g/mol. The summed E-state index contributed by atoms with van der Waals surface area (Å²) in [5.74, 6) is 0. The van der Waals surface area contributed by atoms with E-state index in [1.807, 2.05) is 6.07 Å². The van der Waals surface area contributed by atoms with Gasteiger partial charge >= 0.3 is 0 Å². The van der Waals surface area contributed by atoms with Crippen LogP contribution in [0.4, 0.5) is 5.69 Å². The zero-order valence-corrected chi connectivity index (χ0v) is 12.4. The van der Waals surface area contributed by atoms with E-state index in [1.165, 1.54) is 18.2 Å². The molecule has 22 heavy (non-hydrogen) atoms. The van der Waals surface area contributed by atoms with Crippen molar-refractivity contribution in [2.75, 3.05) is 0 Å². The summed E-state index contributed by atoms with van der Waals surface area (Å²) >= 11 is 0. The zero-order chi connectivity index (χ0) is 15.9. The number of nitrogens with zero attached hydrogens (tertiary/aromatic N) is 2. The Hall–Kier alpha value is -2.67. The number of pyridine rings is 1. The van der Waals surface area contributed by atoms with Crippen molar-refractivity contribution in [2.45, 2.75) is 16.8 Å². The number of aryl methyl sites for hydroxylation is 1. The van der Waals surface area contributed by atoms with Crippen LogP contribution in [-0.2, 0) is 9.84 Å². The average molecular weight is 316 g/mol. The van der Waals surface area contributed by atoms with Gasteiger partial charge in [-0.3, -0.25) is 10.1 Å². The van der Waals surface area contributed by atoms with Gasteiger partial charge in [-0.1, -0.05) is 12.1 Å². The maximum atomic E-state index is 12.9. The topological polar surface area (TPSA) is 81.7 Å². The van der Waals surface area contributed by atoms with Crippen molar-refractivity contribution in [3.63, 3.8) is 0 Å². The maximum absolute atomic E-state index is 12.9. The Kier molecular flexibility index (Phi) is 3.22. The van der Waals surface area contributed by atoms with Gasteiger partial charge in [-0.2, -0.15) is 0 Å². The summed E-state index contributed by atoms with van der Waals surface area (Å²) in [5.41, 5.74) is 1.10. The van der Waals surface area contributed by atoms with Crippen molar-refractivity contribution in [2.24, 2.45) is 0 Å². The lowest BCUT2D eigenvalue weighted by Crippen LogP contribution is -2.07. The van der Waals surface area contributed by atoms with Crippen molar-refractivity contribution >= 4 is 21.0 Å². The third-order valence-electron chi connectivity index (χ3n) is 3.41. The quantitative estimate of drug-likeness (QED) is 0.549. The maximum Gasteiger partial charge on any atom is 0.270 e. The molecule has 0 aliphatic carbocycles. The van der Waals surface area contributed by atoms with E-state index < -0.39 is 14.8 Å². The standard InChI is InChI=1S/C15H12N2O4S/c1-11-9-12-5-2-3-8-16(12)15(11)22(20,21)14-7-4-6-13(10-14)17(18)19/h2-10H,1H3. The Morgan fingerprint density at radius 2 is 1.86 bits per heavy atom. The first-order chi connectivity index (χ1) is 10.4. The molecule has 7 heteroatoms. The van der Waals surface area contributed by atoms with Crippen LogP contribution in [0, 0.1) is 17.0 Å². The van der Waals surface area contributed by atoms with E-state index in [1.54, 1.807) is 35.7 Å². The number of sulfone groups is 1. The molecule has 0 N–H and O–H groups in total. The van der Waals surface area contributed by atoms with E-state index in [9.17, 15) is 18.5 Å². The number of rotatable bonds is 3. The number of benzene rings is 1. The van der Waals surface area contributed by atoms with Gasteiger partial charge in [-0.15, -0.1) is 0 Å². The van der Waals surface area contributed by atoms with Crippen LogP contribution in [0.1, 0.15) is 5.56 Å². The smallest absolute Gasteiger partial charge is 0.270 e. The molecular formula is C15H12N2O4S. The molecule has 1 aromatic carbocycles. The fourth-order valence-electron chi connectivity index (χ4n) is 2.45. The Morgan fingerprint density at radius 3 is 2.59 bits per heavy atom. The minimum Gasteiger partial charge on any atom is -0.307 e. The molecule has 112 valence electrons. The van der Waals surface area contributed by atoms with Gasteiger partial charge in [0, 0.05) is 23.8 Å². The van der Waals surface area contributed by atoms with Gasteiger partial charge in [0.05, 0.1) is 9.82 Å². The van der Waals surface area contributed by atoms with Crippen LogP contribution in [0.15, 0.2) is 64.6 Å². The van der Waals surface area contributed by atoms with Gasteiger partial charge in [-0.25, -0.2) is 8.42 Å². The van der Waals surface area contributed by atoms with Crippen molar-refractivity contribution in [3.05, 3.63) is 70.4 Å². The van der Waals surface area contributed by atoms with Crippen LogP contribution < -0.4 is 0 Å². The van der Waals surface area contributed by atoms with E-state index in [0.29, 0.717) is 5.56 Å². The number of non-ortho nitro benzene ring substituents is 1. The number of fused-ring (bicyclic) bond motifs is 1. The molecule has 0 amide bonds. The second kappa shape index (κ2) is 4.96. The zero-order valence-electron chi connectivity index (χ0n) is 11.6. The molecule has 0 radical (unpaired) electrons. The largest absolute Gasteiger partial charge is 0.307 e. The lowest BCUT2D eigenvalue weighted by molar-refractivity contribution is -0.385. The summed E-state index contributed by atoms with van der Waals surface area (Å²) in [6, 6.07) is 12.2. The van der Waals surface area contributed by atoms with Gasteiger partial charge < -0.3 is 4.40 Å². The van der Waals surface area contributed by atoms with Gasteiger partial charge in [-0.05, 0) is 36.8 Å². The van der Waals surface area contributed by atoms with Gasteiger partial charge in [0.25, 0.3) is 5.69 Å². The second-order valence-corrected chi connectivity index (χ2v) is 6.75. The Morgan fingerprint density at radius 1 is 1.09 bits per heavy atom. The fourth-order valence-corrected chi connectivity index (χ4v) is 4.11. The summed E-state index contributed by atoms with van der Waals surface area (Å²) in [5, 5.41) is 11.0. The molecule has 0 atom stereocenters. The molecule has 3 rings (SSSR count). The first-order valence-electron chi connectivity index (χ1n) is 6.47. The first kappa shape index (κ1) is 14.3. The number of nitro groups is 1. The second-order valence-electron chi connectivity index (χ2n) is 4.89. The van der Waals surface area contributed by atoms with Crippen molar-refractivity contribution in [1.29, 1.82) is 0 Å². The van der Waals surface area contributed by atoms with E-state index in [0.717, 1.165) is 11.6 Å². The lowest BCUT2D eigenvalue weighted by atomic mass is 10.3. The molecule has 2 heterocycles. The third kappa shape index (κ3) is 2.15. The molecule has 0 aliphatic heterocycles. The predicted octanol–water partition coefficient (Wildman–Crippen LogP) is 2.99. The third-order valence-corrected chi connectivity index (χ3v) is 5.31. The molecule has 0 saturated heterocycles. The Labute approximate surface area is 126 Å². The van der Waals surface area contributed by atoms with E-state index >= 15 is 0 Å². The number of aromatic nitrogens is 1. The molecule has 2 aromatic heterocycles. The normalized spacial score (nSPS) is 11.7. The molecule has 0 bridgehead atoms.